The first-order chi connectivity index (χ1) is 8.13. The van der Waals surface area contributed by atoms with E-state index in [4.69, 9.17) is 5.84 Å². The Morgan fingerprint density at radius 3 is 2.94 bits per heavy atom. The van der Waals surface area contributed by atoms with Crippen LogP contribution in [0, 0.1) is 0 Å². The molecule has 0 spiro atoms. The third-order valence-electron chi connectivity index (χ3n) is 2.47. The van der Waals surface area contributed by atoms with Crippen molar-refractivity contribution in [1.82, 2.24) is 16.1 Å². The molecule has 5 N–H and O–H groups in total. The van der Waals surface area contributed by atoms with Gasteiger partial charge in [0, 0.05) is 10.6 Å². The number of carbonyl (C=O) groups excluding carboxylic acids is 2. The minimum Gasteiger partial charge on any atom is -0.326 e. The molecule has 6 nitrogen and oxygen atoms in total. The number of urea groups is 1. The van der Waals surface area contributed by atoms with Crippen molar-refractivity contribution in [2.24, 2.45) is 5.84 Å². The van der Waals surface area contributed by atoms with Crippen LogP contribution in [0.1, 0.15) is 17.8 Å². The summed E-state index contributed by atoms with van der Waals surface area (Å²) < 4.78 is 0. The maximum atomic E-state index is 11.7. The Morgan fingerprint density at radius 1 is 1.59 bits per heavy atom. The highest BCUT2D eigenvalue weighted by molar-refractivity contribution is 7.10. The van der Waals surface area contributed by atoms with Crippen LogP contribution in [0.15, 0.2) is 28.8 Å². The average Bonchev–Trinajstić information content (AvgIpc) is 2.80. The van der Waals surface area contributed by atoms with Crippen LogP contribution >= 0.6 is 11.3 Å². The Kier molecular flexibility index (Phi) is 3.12. The van der Waals surface area contributed by atoms with Gasteiger partial charge in [-0.05, 0) is 18.4 Å². The van der Waals surface area contributed by atoms with Crippen LogP contribution < -0.4 is 21.9 Å². The quantitative estimate of drug-likeness (QED) is 0.348. The summed E-state index contributed by atoms with van der Waals surface area (Å²) in [7, 11) is 0. The number of nitrogens with two attached hydrogens (primary N) is 1. The molecule has 0 fully saturated rings. The van der Waals surface area contributed by atoms with E-state index in [1.54, 1.807) is 6.92 Å². The van der Waals surface area contributed by atoms with Gasteiger partial charge in [-0.1, -0.05) is 6.07 Å². The number of hydrogen-bond acceptors (Lipinski definition) is 4. The van der Waals surface area contributed by atoms with Gasteiger partial charge in [-0.3, -0.25) is 10.2 Å². The van der Waals surface area contributed by atoms with Crippen LogP contribution in [0.4, 0.5) is 4.79 Å². The molecule has 7 heteroatoms. The van der Waals surface area contributed by atoms with Gasteiger partial charge in [0.05, 0.1) is 11.6 Å². The van der Waals surface area contributed by atoms with E-state index in [9.17, 15) is 9.59 Å². The van der Waals surface area contributed by atoms with Crippen LogP contribution in [0.2, 0.25) is 0 Å². The number of thiophene rings is 1. The van der Waals surface area contributed by atoms with Crippen molar-refractivity contribution in [1.29, 1.82) is 0 Å². The molecule has 1 aromatic heterocycles. The maximum absolute atomic E-state index is 11.7. The van der Waals surface area contributed by atoms with Gasteiger partial charge >= 0.3 is 6.03 Å². The molecule has 1 unspecified atom stereocenters. The molecule has 0 aliphatic carbocycles. The molecule has 17 heavy (non-hydrogen) atoms. The number of allylic oxidation sites excluding steroid dienone is 1. The molecular formula is C10H12N4O2S. The van der Waals surface area contributed by atoms with E-state index in [1.807, 2.05) is 17.5 Å². The van der Waals surface area contributed by atoms with Crippen molar-refractivity contribution in [3.05, 3.63) is 33.7 Å². The summed E-state index contributed by atoms with van der Waals surface area (Å²) in [6.45, 7) is 1.67. The summed E-state index contributed by atoms with van der Waals surface area (Å²) >= 11 is 1.47. The molecule has 1 aliphatic rings. The molecule has 0 aromatic carbocycles. The fraction of sp³-hybridized carbons (Fsp3) is 0.200. The normalized spacial score (nSPS) is 19.6. The predicted molar refractivity (Wildman–Crippen MR) is 63.8 cm³/mol. The largest absolute Gasteiger partial charge is 0.326 e. The van der Waals surface area contributed by atoms with Crippen LogP contribution in [0.25, 0.3) is 0 Å². The van der Waals surface area contributed by atoms with E-state index in [-0.39, 0.29) is 6.03 Å². The third-order valence-corrected chi connectivity index (χ3v) is 3.41. The SMILES string of the molecule is CC1=C(C(=O)NN)C(c2cccs2)NC(=O)N1. The van der Waals surface area contributed by atoms with Crippen LogP contribution in [0.5, 0.6) is 0 Å². The molecule has 1 aromatic rings. The van der Waals surface area contributed by atoms with E-state index < -0.39 is 11.9 Å². The van der Waals surface area contributed by atoms with Gasteiger partial charge in [-0.2, -0.15) is 0 Å². The van der Waals surface area contributed by atoms with Gasteiger partial charge in [0.15, 0.2) is 0 Å². The lowest BCUT2D eigenvalue weighted by Crippen LogP contribution is -2.47. The molecule has 0 saturated heterocycles. The van der Waals surface area contributed by atoms with E-state index in [2.05, 4.69) is 16.1 Å². The Bertz CT molecular complexity index is 481. The van der Waals surface area contributed by atoms with Crippen LogP contribution in [-0.2, 0) is 4.79 Å². The molecule has 2 heterocycles. The summed E-state index contributed by atoms with van der Waals surface area (Å²) in [5.74, 6) is 4.74. The van der Waals surface area contributed by atoms with E-state index in [0.717, 1.165) is 4.88 Å². The van der Waals surface area contributed by atoms with Crippen molar-refractivity contribution in [2.75, 3.05) is 0 Å². The van der Waals surface area contributed by atoms with Crippen molar-refractivity contribution in [3.8, 4) is 0 Å². The minimum absolute atomic E-state index is 0.325. The second kappa shape index (κ2) is 4.56. The number of rotatable bonds is 2. The number of hydrogen-bond donors (Lipinski definition) is 4. The molecule has 0 saturated carbocycles. The molecule has 1 aliphatic heterocycles. The first kappa shape index (κ1) is 11.6. The van der Waals surface area contributed by atoms with Crippen molar-refractivity contribution in [3.63, 3.8) is 0 Å². The van der Waals surface area contributed by atoms with Gasteiger partial charge in [0.25, 0.3) is 5.91 Å². The van der Waals surface area contributed by atoms with Gasteiger partial charge in [-0.15, -0.1) is 11.3 Å². The lowest BCUT2D eigenvalue weighted by atomic mass is 10.0. The second-order valence-electron chi connectivity index (χ2n) is 3.56. The number of carbonyl (C=O) groups is 2. The Hall–Kier alpha value is -1.86. The molecule has 0 radical (unpaired) electrons. The Labute approximate surface area is 102 Å². The van der Waals surface area contributed by atoms with Gasteiger partial charge in [-0.25, -0.2) is 10.6 Å². The number of nitrogens with one attached hydrogen (secondary N) is 3. The zero-order valence-electron chi connectivity index (χ0n) is 9.11. The summed E-state index contributed by atoms with van der Waals surface area (Å²) in [4.78, 5) is 24.0. The first-order valence-electron chi connectivity index (χ1n) is 4.96. The fourth-order valence-corrected chi connectivity index (χ4v) is 2.53. The topological polar surface area (TPSA) is 96.2 Å². The Morgan fingerprint density at radius 2 is 2.35 bits per heavy atom. The predicted octanol–water partition coefficient (Wildman–Crippen LogP) is 0.366. The maximum Gasteiger partial charge on any atom is 0.319 e. The summed E-state index contributed by atoms with van der Waals surface area (Å²) in [5, 5.41) is 7.14. The second-order valence-corrected chi connectivity index (χ2v) is 4.54. The number of amides is 3. The van der Waals surface area contributed by atoms with Crippen molar-refractivity contribution >= 4 is 23.3 Å². The molecule has 3 amide bonds. The van der Waals surface area contributed by atoms with Crippen molar-refractivity contribution in [2.45, 2.75) is 13.0 Å². The van der Waals surface area contributed by atoms with E-state index in [1.165, 1.54) is 11.3 Å². The lowest BCUT2D eigenvalue weighted by molar-refractivity contribution is -0.118. The van der Waals surface area contributed by atoms with Crippen molar-refractivity contribution < 1.29 is 9.59 Å². The smallest absolute Gasteiger partial charge is 0.319 e. The molecule has 2 rings (SSSR count). The Balaban J connectivity index is 2.44. The first-order valence-corrected chi connectivity index (χ1v) is 5.84. The van der Waals surface area contributed by atoms with Crippen LogP contribution in [0.3, 0.4) is 0 Å². The minimum atomic E-state index is -0.452. The van der Waals surface area contributed by atoms with Crippen LogP contribution in [-0.4, -0.2) is 11.9 Å². The molecule has 1 atom stereocenters. The summed E-state index contributed by atoms with van der Waals surface area (Å²) in [5.41, 5.74) is 3.02. The summed E-state index contributed by atoms with van der Waals surface area (Å²) in [6.07, 6.45) is 0. The molecule has 0 bridgehead atoms. The average molecular weight is 252 g/mol. The zero-order chi connectivity index (χ0) is 12.4. The highest BCUT2D eigenvalue weighted by Crippen LogP contribution is 2.29. The monoisotopic (exact) mass is 252 g/mol. The third kappa shape index (κ3) is 2.15. The zero-order valence-corrected chi connectivity index (χ0v) is 9.93. The standard InChI is InChI=1S/C10H12N4O2S/c1-5-7(9(15)14-11)8(13-10(16)12-5)6-3-2-4-17-6/h2-4,8H,11H2,1H3,(H,14,15)(H2,12,13,16). The lowest BCUT2D eigenvalue weighted by Gasteiger charge is -2.27. The molecular weight excluding hydrogens is 240 g/mol. The van der Waals surface area contributed by atoms with E-state index >= 15 is 0 Å². The van der Waals surface area contributed by atoms with Gasteiger partial charge < -0.3 is 10.6 Å². The van der Waals surface area contributed by atoms with E-state index in [0.29, 0.717) is 11.3 Å². The van der Waals surface area contributed by atoms with Gasteiger partial charge in [0.1, 0.15) is 0 Å². The highest BCUT2D eigenvalue weighted by atomic mass is 32.1. The van der Waals surface area contributed by atoms with Gasteiger partial charge in [0.2, 0.25) is 0 Å². The highest BCUT2D eigenvalue weighted by Gasteiger charge is 2.31. The fourth-order valence-electron chi connectivity index (χ4n) is 1.74. The summed E-state index contributed by atoms with van der Waals surface area (Å²) in [6, 6.07) is 2.95. The molecule has 90 valence electrons. The number of hydrazine groups is 1.